The summed E-state index contributed by atoms with van der Waals surface area (Å²) in [4.78, 5) is 16.7. The Bertz CT molecular complexity index is 1320. The Balaban J connectivity index is 1.68. The average molecular weight is 514 g/mol. The highest BCUT2D eigenvalue weighted by molar-refractivity contribution is 7.99. The molecule has 3 aromatic carbocycles. The van der Waals surface area contributed by atoms with Crippen LogP contribution in [0.4, 0.5) is 0 Å². The molecule has 0 bridgehead atoms. The van der Waals surface area contributed by atoms with E-state index in [4.69, 9.17) is 12.2 Å². The molecule has 0 aliphatic carbocycles. The second kappa shape index (κ2) is 11.9. The minimum absolute atomic E-state index is 0.0816. The van der Waals surface area contributed by atoms with Crippen molar-refractivity contribution in [1.29, 1.82) is 0 Å². The second-order valence-corrected chi connectivity index (χ2v) is 10.5. The zero-order chi connectivity index (χ0) is 24.7. The lowest BCUT2D eigenvalue weighted by atomic mass is 10.1. The summed E-state index contributed by atoms with van der Waals surface area (Å²) in [6, 6.07) is 29.9. The van der Waals surface area contributed by atoms with Crippen molar-refractivity contribution in [3.05, 3.63) is 106 Å². The Morgan fingerprint density at radius 1 is 0.694 bits per heavy atom. The third-order valence-electron chi connectivity index (χ3n) is 6.65. The molecule has 1 saturated heterocycles. The lowest BCUT2D eigenvalue weighted by molar-refractivity contribution is 0.303. The first-order chi connectivity index (χ1) is 17.7. The highest BCUT2D eigenvalue weighted by Gasteiger charge is 2.21. The maximum absolute atomic E-state index is 14.2. The Morgan fingerprint density at radius 2 is 1.22 bits per heavy atom. The van der Waals surface area contributed by atoms with Gasteiger partial charge in [-0.2, -0.15) is 0 Å². The molecule has 0 atom stereocenters. The molecule has 0 radical (unpaired) electrons. The molecule has 5 rings (SSSR count). The smallest absolute Gasteiger partial charge is 0.267 e. The molecular formula is C30H31N3OS2. The van der Waals surface area contributed by atoms with Crippen LogP contribution in [0, 0.1) is 4.77 Å². The van der Waals surface area contributed by atoms with E-state index in [0.717, 1.165) is 47.4 Å². The Hall–Kier alpha value is -2.93. The van der Waals surface area contributed by atoms with Crippen LogP contribution in [0.15, 0.2) is 101 Å². The molecule has 36 heavy (non-hydrogen) atoms. The number of aromatic nitrogens is 2. The van der Waals surface area contributed by atoms with Gasteiger partial charge in [0, 0.05) is 18.0 Å². The Kier molecular flexibility index (Phi) is 8.16. The van der Waals surface area contributed by atoms with Gasteiger partial charge in [-0.1, -0.05) is 79.6 Å². The van der Waals surface area contributed by atoms with E-state index in [1.807, 2.05) is 78.9 Å². The number of nitrogens with zero attached hydrogens (tertiary/aromatic N) is 3. The maximum atomic E-state index is 14.2. The molecular weight excluding hydrogens is 482 g/mol. The summed E-state index contributed by atoms with van der Waals surface area (Å²) in [5.74, 6) is 0.899. The predicted octanol–water partition coefficient (Wildman–Crippen LogP) is 6.99. The van der Waals surface area contributed by atoms with Crippen molar-refractivity contribution >= 4 is 24.0 Å². The van der Waals surface area contributed by atoms with Crippen molar-refractivity contribution in [2.45, 2.75) is 30.7 Å². The number of rotatable bonds is 7. The first kappa shape index (κ1) is 24.8. The van der Waals surface area contributed by atoms with Gasteiger partial charge in [-0.05, 0) is 68.0 Å². The van der Waals surface area contributed by atoms with Gasteiger partial charge in [-0.3, -0.25) is 13.9 Å². The van der Waals surface area contributed by atoms with Crippen LogP contribution in [0.1, 0.15) is 25.7 Å². The molecule has 1 fully saturated rings. The molecule has 184 valence electrons. The fourth-order valence-electron chi connectivity index (χ4n) is 4.82. The van der Waals surface area contributed by atoms with E-state index in [1.54, 1.807) is 16.3 Å². The van der Waals surface area contributed by atoms with Crippen molar-refractivity contribution in [2.24, 2.45) is 0 Å². The molecule has 1 aliphatic heterocycles. The fourth-order valence-corrected chi connectivity index (χ4v) is 6.47. The predicted molar refractivity (Wildman–Crippen MR) is 153 cm³/mol. The summed E-state index contributed by atoms with van der Waals surface area (Å²) in [6.45, 7) is 3.32. The van der Waals surface area contributed by atoms with Crippen molar-refractivity contribution in [1.82, 2.24) is 14.0 Å². The lowest BCUT2D eigenvalue weighted by Gasteiger charge is -2.23. The third kappa shape index (κ3) is 5.41. The third-order valence-corrected chi connectivity index (χ3v) is 8.06. The zero-order valence-corrected chi connectivity index (χ0v) is 22.0. The van der Waals surface area contributed by atoms with E-state index < -0.39 is 0 Å². The molecule has 0 unspecified atom stereocenters. The molecule has 2 heterocycles. The van der Waals surface area contributed by atoms with E-state index >= 15 is 0 Å². The first-order valence-electron chi connectivity index (χ1n) is 12.7. The molecule has 4 nitrogen and oxygen atoms in total. The summed E-state index contributed by atoms with van der Waals surface area (Å²) < 4.78 is 4.23. The standard InChI is InChI=1S/C30H31N3OS2/c34-28-27(24-14-6-3-7-15-24)29(36-23-22-31-20-12-1-2-13-21-31)33(26-18-10-5-11-19-26)30(35)32(28)25-16-8-4-9-17-25/h3-11,14-19H,1-2,12-13,20-23H2. The summed E-state index contributed by atoms with van der Waals surface area (Å²) in [5, 5.41) is 0.907. The van der Waals surface area contributed by atoms with Crippen LogP contribution in [0.5, 0.6) is 0 Å². The lowest BCUT2D eigenvalue weighted by Crippen LogP contribution is -2.28. The van der Waals surface area contributed by atoms with E-state index in [2.05, 4.69) is 21.6 Å². The van der Waals surface area contributed by atoms with Gasteiger partial charge in [0.15, 0.2) is 4.77 Å². The van der Waals surface area contributed by atoms with Crippen molar-refractivity contribution in [3.8, 4) is 22.5 Å². The molecule has 1 aromatic heterocycles. The molecule has 1 aliphatic rings. The van der Waals surface area contributed by atoms with Gasteiger partial charge in [0.2, 0.25) is 0 Å². The van der Waals surface area contributed by atoms with Gasteiger partial charge in [-0.25, -0.2) is 0 Å². The second-order valence-electron chi connectivity index (χ2n) is 9.08. The van der Waals surface area contributed by atoms with Crippen LogP contribution in [0.2, 0.25) is 0 Å². The van der Waals surface area contributed by atoms with Gasteiger partial charge in [0.1, 0.15) is 0 Å². The molecule has 0 saturated carbocycles. The number of hydrogen-bond donors (Lipinski definition) is 0. The molecule has 0 amide bonds. The van der Waals surface area contributed by atoms with Gasteiger partial charge in [0.25, 0.3) is 5.56 Å². The number of para-hydroxylation sites is 2. The van der Waals surface area contributed by atoms with Crippen molar-refractivity contribution in [3.63, 3.8) is 0 Å². The minimum atomic E-state index is -0.0816. The SMILES string of the molecule is O=c1c(-c2ccccc2)c(SCCN2CCCCCC2)n(-c2ccccc2)c(=S)n1-c1ccccc1. The van der Waals surface area contributed by atoms with Crippen molar-refractivity contribution < 1.29 is 0 Å². The molecule has 4 aromatic rings. The van der Waals surface area contributed by atoms with Crippen LogP contribution < -0.4 is 5.56 Å². The monoisotopic (exact) mass is 513 g/mol. The quantitative estimate of drug-likeness (QED) is 0.151. The highest BCUT2D eigenvalue weighted by Crippen LogP contribution is 2.32. The maximum Gasteiger partial charge on any atom is 0.267 e. The number of thioether (sulfide) groups is 1. The average Bonchev–Trinajstić information content (AvgIpc) is 3.19. The van der Waals surface area contributed by atoms with Crippen LogP contribution in [0.3, 0.4) is 0 Å². The topological polar surface area (TPSA) is 30.2 Å². The normalized spacial score (nSPS) is 14.4. The van der Waals surface area contributed by atoms with Gasteiger partial charge >= 0.3 is 0 Å². The Morgan fingerprint density at radius 3 is 1.81 bits per heavy atom. The van der Waals surface area contributed by atoms with Gasteiger partial charge in [0.05, 0.1) is 16.3 Å². The largest absolute Gasteiger partial charge is 0.303 e. The number of hydrogen-bond acceptors (Lipinski definition) is 4. The van der Waals surface area contributed by atoms with E-state index in [9.17, 15) is 4.79 Å². The molecule has 0 spiro atoms. The van der Waals surface area contributed by atoms with Gasteiger partial charge in [-0.15, -0.1) is 11.8 Å². The summed E-state index contributed by atoms with van der Waals surface area (Å²) in [6.07, 6.45) is 5.19. The van der Waals surface area contributed by atoms with E-state index in [0.29, 0.717) is 10.3 Å². The summed E-state index contributed by atoms with van der Waals surface area (Å²) >= 11 is 7.77. The Labute approximate surface area is 222 Å². The van der Waals surface area contributed by atoms with E-state index in [-0.39, 0.29) is 5.56 Å². The zero-order valence-electron chi connectivity index (χ0n) is 20.4. The first-order valence-corrected chi connectivity index (χ1v) is 14.1. The van der Waals surface area contributed by atoms with Crippen LogP contribution in [-0.2, 0) is 0 Å². The highest BCUT2D eigenvalue weighted by atomic mass is 32.2. The van der Waals surface area contributed by atoms with Crippen molar-refractivity contribution in [2.75, 3.05) is 25.4 Å². The molecule has 6 heteroatoms. The van der Waals surface area contributed by atoms with Crippen LogP contribution in [-0.4, -0.2) is 39.4 Å². The summed E-state index contributed by atoms with van der Waals surface area (Å²) in [5.41, 5.74) is 3.25. The molecule has 0 N–H and O–H groups in total. The van der Waals surface area contributed by atoms with Gasteiger partial charge < -0.3 is 4.90 Å². The van der Waals surface area contributed by atoms with Crippen LogP contribution >= 0.6 is 24.0 Å². The van der Waals surface area contributed by atoms with E-state index in [1.165, 1.54) is 25.7 Å². The minimum Gasteiger partial charge on any atom is -0.303 e. The number of benzene rings is 3. The van der Waals surface area contributed by atoms with Crippen LogP contribution in [0.25, 0.3) is 22.5 Å². The fraction of sp³-hybridized carbons (Fsp3) is 0.267. The summed E-state index contributed by atoms with van der Waals surface area (Å²) in [7, 11) is 0. The number of likely N-dealkylation sites (tertiary alicyclic amines) is 1.